The second kappa shape index (κ2) is 4.80. The molecule has 1 rings (SSSR count). The van der Waals surface area contributed by atoms with Gasteiger partial charge in [-0.1, -0.05) is 0 Å². The van der Waals surface area contributed by atoms with Crippen molar-refractivity contribution in [2.45, 2.75) is 6.42 Å². The monoisotopic (exact) mass is 269 g/mol. The van der Waals surface area contributed by atoms with Gasteiger partial charge in [0.2, 0.25) is 0 Å². The number of phenolic OH excluding ortho intramolecular Hbond substituents is 1. The number of esters is 1. The van der Waals surface area contributed by atoms with Crippen LogP contribution in [0.3, 0.4) is 0 Å². The van der Waals surface area contributed by atoms with Gasteiger partial charge in [-0.3, -0.25) is 4.79 Å². The van der Waals surface area contributed by atoms with Crippen LogP contribution in [0, 0.1) is 11.3 Å². The number of nitrogens with zero attached hydrogens (tertiary/aromatic N) is 1. The maximum atomic E-state index is 11.0. The van der Waals surface area contributed by atoms with Gasteiger partial charge < -0.3 is 9.84 Å². The van der Waals surface area contributed by atoms with E-state index in [2.05, 4.69) is 20.7 Å². The lowest BCUT2D eigenvalue weighted by molar-refractivity contribution is -0.139. The van der Waals surface area contributed by atoms with Gasteiger partial charge in [0.05, 0.1) is 19.1 Å². The van der Waals surface area contributed by atoms with Gasteiger partial charge in [0.25, 0.3) is 0 Å². The van der Waals surface area contributed by atoms with E-state index >= 15 is 0 Å². The minimum Gasteiger partial charge on any atom is -0.508 e. The maximum absolute atomic E-state index is 11.0. The fraction of sp³-hybridized carbons (Fsp3) is 0.200. The summed E-state index contributed by atoms with van der Waals surface area (Å²) in [4.78, 5) is 11.0. The van der Waals surface area contributed by atoms with Gasteiger partial charge in [-0.15, -0.1) is 0 Å². The standard InChI is InChI=1S/C10H8BrNO3/c1-15-10(14)3-6-2-7(5-12)8(11)4-9(6)13/h2,4,13H,3H2,1H3. The molecular formula is C10H8BrNO3. The fourth-order valence-electron chi connectivity index (χ4n) is 1.06. The molecule has 15 heavy (non-hydrogen) atoms. The Balaban J connectivity index is 3.09. The van der Waals surface area contributed by atoms with Crippen molar-refractivity contribution < 1.29 is 14.6 Å². The highest BCUT2D eigenvalue weighted by atomic mass is 79.9. The lowest BCUT2D eigenvalue weighted by atomic mass is 10.1. The molecule has 4 nitrogen and oxygen atoms in total. The van der Waals surface area contributed by atoms with Crippen LogP contribution in [0.15, 0.2) is 16.6 Å². The average molecular weight is 270 g/mol. The molecule has 78 valence electrons. The zero-order valence-electron chi connectivity index (χ0n) is 7.95. The lowest BCUT2D eigenvalue weighted by Gasteiger charge is -2.05. The van der Waals surface area contributed by atoms with E-state index in [4.69, 9.17) is 5.26 Å². The van der Waals surface area contributed by atoms with E-state index in [9.17, 15) is 9.90 Å². The highest BCUT2D eigenvalue weighted by molar-refractivity contribution is 9.10. The molecular weight excluding hydrogens is 262 g/mol. The number of hydrogen-bond acceptors (Lipinski definition) is 4. The summed E-state index contributed by atoms with van der Waals surface area (Å²) >= 11 is 3.13. The maximum Gasteiger partial charge on any atom is 0.310 e. The summed E-state index contributed by atoms with van der Waals surface area (Å²) in [6.07, 6.45) is -0.0513. The van der Waals surface area contributed by atoms with E-state index < -0.39 is 5.97 Å². The molecule has 5 heteroatoms. The van der Waals surface area contributed by atoms with Crippen LogP contribution in [0.5, 0.6) is 5.75 Å². The number of phenols is 1. The number of ether oxygens (including phenoxy) is 1. The molecule has 0 fully saturated rings. The number of methoxy groups -OCH3 is 1. The first-order valence-electron chi connectivity index (χ1n) is 4.06. The Hall–Kier alpha value is -1.54. The number of carbonyl (C=O) groups is 1. The average Bonchev–Trinajstić information content (AvgIpc) is 2.21. The fourth-order valence-corrected chi connectivity index (χ4v) is 1.48. The molecule has 0 unspecified atom stereocenters. The highest BCUT2D eigenvalue weighted by Crippen LogP contribution is 2.26. The van der Waals surface area contributed by atoms with Crippen LogP contribution in [0.4, 0.5) is 0 Å². The van der Waals surface area contributed by atoms with Crippen LogP contribution in [0.1, 0.15) is 11.1 Å². The van der Waals surface area contributed by atoms with Gasteiger partial charge in [-0.25, -0.2) is 0 Å². The predicted octanol–water partition coefficient (Wildman–Crippen LogP) is 1.74. The molecule has 0 amide bonds. The lowest BCUT2D eigenvalue weighted by Crippen LogP contribution is -2.05. The Kier molecular flexibility index (Phi) is 3.69. The topological polar surface area (TPSA) is 70.3 Å². The molecule has 1 N–H and O–H groups in total. The van der Waals surface area contributed by atoms with Crippen molar-refractivity contribution in [1.82, 2.24) is 0 Å². The summed E-state index contributed by atoms with van der Waals surface area (Å²) in [6, 6.07) is 4.78. The van der Waals surface area contributed by atoms with Gasteiger partial charge in [-0.2, -0.15) is 5.26 Å². The van der Waals surface area contributed by atoms with E-state index in [-0.39, 0.29) is 12.2 Å². The number of hydrogen-bond donors (Lipinski definition) is 1. The summed E-state index contributed by atoms with van der Waals surface area (Å²) in [5.74, 6) is -0.497. The summed E-state index contributed by atoms with van der Waals surface area (Å²) < 4.78 is 4.96. The molecule has 1 aromatic rings. The minimum absolute atomic E-state index is 0.0359. The minimum atomic E-state index is -0.462. The second-order valence-corrected chi connectivity index (χ2v) is 3.68. The number of carbonyl (C=O) groups excluding carboxylic acids is 1. The van der Waals surface area contributed by atoms with Crippen molar-refractivity contribution in [2.75, 3.05) is 7.11 Å². The van der Waals surface area contributed by atoms with Crippen LogP contribution < -0.4 is 0 Å². The van der Waals surface area contributed by atoms with E-state index in [1.54, 1.807) is 0 Å². The Bertz CT molecular complexity index is 437. The molecule has 0 saturated heterocycles. The molecule has 0 bridgehead atoms. The molecule has 0 radical (unpaired) electrons. The summed E-state index contributed by atoms with van der Waals surface area (Å²) in [6.45, 7) is 0. The van der Waals surface area contributed by atoms with Crippen molar-refractivity contribution in [3.8, 4) is 11.8 Å². The Labute approximate surface area is 95.2 Å². The number of aromatic hydroxyl groups is 1. The molecule has 0 atom stereocenters. The van der Waals surface area contributed by atoms with Crippen molar-refractivity contribution >= 4 is 21.9 Å². The third-order valence-electron chi connectivity index (χ3n) is 1.85. The molecule has 0 heterocycles. The van der Waals surface area contributed by atoms with Crippen LogP contribution >= 0.6 is 15.9 Å². The van der Waals surface area contributed by atoms with E-state index in [0.29, 0.717) is 15.6 Å². The zero-order valence-corrected chi connectivity index (χ0v) is 9.54. The van der Waals surface area contributed by atoms with E-state index in [1.807, 2.05) is 6.07 Å². The first-order valence-corrected chi connectivity index (χ1v) is 4.86. The first kappa shape index (κ1) is 11.5. The van der Waals surface area contributed by atoms with Crippen molar-refractivity contribution in [1.29, 1.82) is 5.26 Å². The largest absolute Gasteiger partial charge is 0.508 e. The molecule has 0 aliphatic carbocycles. The third-order valence-corrected chi connectivity index (χ3v) is 2.51. The SMILES string of the molecule is COC(=O)Cc1cc(C#N)c(Br)cc1O. The second-order valence-electron chi connectivity index (χ2n) is 2.83. The third kappa shape index (κ3) is 2.70. The van der Waals surface area contributed by atoms with Gasteiger partial charge >= 0.3 is 5.97 Å². The molecule has 0 aliphatic rings. The number of benzene rings is 1. The van der Waals surface area contributed by atoms with E-state index in [1.165, 1.54) is 19.2 Å². The molecule has 0 saturated carbocycles. The van der Waals surface area contributed by atoms with Crippen LogP contribution in [-0.4, -0.2) is 18.2 Å². The Morgan fingerprint density at radius 1 is 1.67 bits per heavy atom. The van der Waals surface area contributed by atoms with Crippen LogP contribution in [-0.2, 0) is 16.0 Å². The summed E-state index contributed by atoms with van der Waals surface area (Å²) in [5, 5.41) is 18.3. The number of nitriles is 1. The highest BCUT2D eigenvalue weighted by Gasteiger charge is 2.11. The van der Waals surface area contributed by atoms with Crippen LogP contribution in [0.25, 0.3) is 0 Å². The van der Waals surface area contributed by atoms with E-state index in [0.717, 1.165) is 0 Å². The molecule has 0 spiro atoms. The predicted molar refractivity (Wildman–Crippen MR) is 56.2 cm³/mol. The van der Waals surface area contributed by atoms with Gasteiger partial charge in [-0.05, 0) is 28.1 Å². The number of halogens is 1. The van der Waals surface area contributed by atoms with Gasteiger partial charge in [0.15, 0.2) is 0 Å². The quantitative estimate of drug-likeness (QED) is 0.831. The molecule has 0 aromatic heterocycles. The molecule has 1 aromatic carbocycles. The zero-order chi connectivity index (χ0) is 11.4. The first-order chi connectivity index (χ1) is 7.08. The smallest absolute Gasteiger partial charge is 0.310 e. The van der Waals surface area contributed by atoms with Gasteiger partial charge in [0, 0.05) is 10.0 Å². The van der Waals surface area contributed by atoms with Gasteiger partial charge in [0.1, 0.15) is 11.8 Å². The normalized spacial score (nSPS) is 9.40. The Morgan fingerprint density at radius 2 is 2.33 bits per heavy atom. The van der Waals surface area contributed by atoms with Crippen LogP contribution in [0.2, 0.25) is 0 Å². The molecule has 0 aliphatic heterocycles. The van der Waals surface area contributed by atoms with Crippen molar-refractivity contribution in [3.05, 3.63) is 27.7 Å². The Morgan fingerprint density at radius 3 is 2.87 bits per heavy atom. The van der Waals surface area contributed by atoms with Crippen molar-refractivity contribution in [2.24, 2.45) is 0 Å². The summed E-state index contributed by atoms with van der Waals surface area (Å²) in [5.41, 5.74) is 0.744. The number of rotatable bonds is 2. The summed E-state index contributed by atoms with van der Waals surface area (Å²) in [7, 11) is 1.27. The van der Waals surface area contributed by atoms with Crippen molar-refractivity contribution in [3.63, 3.8) is 0 Å².